The van der Waals surface area contributed by atoms with E-state index in [1.807, 2.05) is 36.4 Å². The Kier molecular flexibility index (Phi) is 7.58. The van der Waals surface area contributed by atoms with E-state index in [9.17, 15) is 9.59 Å². The van der Waals surface area contributed by atoms with Crippen molar-refractivity contribution in [2.24, 2.45) is 11.8 Å². The van der Waals surface area contributed by atoms with Gasteiger partial charge in [0.05, 0.1) is 18.9 Å². The quantitative estimate of drug-likeness (QED) is 0.715. The minimum absolute atomic E-state index is 0.250. The van der Waals surface area contributed by atoms with Crippen molar-refractivity contribution in [3.63, 3.8) is 0 Å². The Balaban J connectivity index is 1.52. The number of hydrogen-bond donors (Lipinski definition) is 1. The molecule has 0 saturated heterocycles. The van der Waals surface area contributed by atoms with Crippen molar-refractivity contribution < 1.29 is 24.2 Å². The first kappa shape index (κ1) is 20.8. The highest BCUT2D eigenvalue weighted by Crippen LogP contribution is 2.30. The minimum Gasteiger partial charge on any atom is -0.480 e. The van der Waals surface area contributed by atoms with Crippen molar-refractivity contribution in [1.82, 2.24) is 4.98 Å². The van der Waals surface area contributed by atoms with Gasteiger partial charge in [-0.25, -0.2) is 19.5 Å². The lowest BCUT2D eigenvalue weighted by atomic mass is 9.83. The largest absolute Gasteiger partial charge is 0.480 e. The molecule has 2 aromatic rings. The smallest absolute Gasteiger partial charge is 0.420 e. The fourth-order valence-corrected chi connectivity index (χ4v) is 3.53. The van der Waals surface area contributed by atoms with Gasteiger partial charge in [0.25, 0.3) is 0 Å². The third-order valence-corrected chi connectivity index (χ3v) is 5.06. The maximum absolute atomic E-state index is 12.8. The monoisotopic (exact) mass is 398 g/mol. The molecule has 0 atom stereocenters. The molecule has 1 aromatic carbocycles. The molecule has 0 aliphatic heterocycles. The van der Waals surface area contributed by atoms with Gasteiger partial charge in [0.1, 0.15) is 12.4 Å². The average Bonchev–Trinajstić information content (AvgIpc) is 2.75. The zero-order chi connectivity index (χ0) is 20.5. The van der Waals surface area contributed by atoms with Crippen molar-refractivity contribution in [2.75, 3.05) is 24.7 Å². The summed E-state index contributed by atoms with van der Waals surface area (Å²) in [5.41, 5.74) is 0.704. The highest BCUT2D eigenvalue weighted by molar-refractivity contribution is 5.94. The van der Waals surface area contributed by atoms with Crippen LogP contribution in [-0.2, 0) is 14.3 Å². The van der Waals surface area contributed by atoms with Crippen LogP contribution >= 0.6 is 0 Å². The van der Waals surface area contributed by atoms with Gasteiger partial charge in [-0.3, -0.25) is 0 Å². The number of carboxylic acids is 1. The molecule has 1 aromatic heterocycles. The van der Waals surface area contributed by atoms with E-state index in [0.717, 1.165) is 25.7 Å². The molecular weight excluding hydrogens is 372 g/mol. The van der Waals surface area contributed by atoms with E-state index >= 15 is 0 Å². The van der Waals surface area contributed by atoms with Crippen LogP contribution in [0.2, 0.25) is 0 Å². The summed E-state index contributed by atoms with van der Waals surface area (Å²) < 4.78 is 10.8. The molecule has 1 N–H and O–H groups in total. The predicted octanol–water partition coefficient (Wildman–Crippen LogP) is 4.26. The van der Waals surface area contributed by atoms with Crippen LogP contribution < -0.4 is 4.90 Å². The molecule has 7 nitrogen and oxygen atoms in total. The zero-order valence-corrected chi connectivity index (χ0v) is 16.3. The Labute approximate surface area is 170 Å². The van der Waals surface area contributed by atoms with E-state index in [2.05, 4.69) is 4.98 Å². The molecule has 7 heteroatoms. The molecule has 1 aliphatic rings. The molecule has 1 amide bonds. The molecule has 0 spiro atoms. The van der Waals surface area contributed by atoms with Crippen molar-refractivity contribution in [1.29, 1.82) is 0 Å². The van der Waals surface area contributed by atoms with Crippen LogP contribution in [0.25, 0.3) is 0 Å². The molecule has 1 heterocycles. The molecule has 3 rings (SSSR count). The lowest BCUT2D eigenvalue weighted by Crippen LogP contribution is -2.30. The van der Waals surface area contributed by atoms with Crippen LogP contribution in [0.5, 0.6) is 0 Å². The van der Waals surface area contributed by atoms with Crippen molar-refractivity contribution in [3.8, 4) is 0 Å². The number of aromatic nitrogens is 1. The van der Waals surface area contributed by atoms with E-state index < -0.39 is 12.1 Å². The third kappa shape index (κ3) is 6.29. The second-order valence-electron chi connectivity index (χ2n) is 7.23. The van der Waals surface area contributed by atoms with E-state index in [4.69, 9.17) is 14.6 Å². The molecule has 29 heavy (non-hydrogen) atoms. The summed E-state index contributed by atoms with van der Waals surface area (Å²) in [4.78, 5) is 29.1. The number of carboxylic acid groups (broad SMARTS) is 1. The van der Waals surface area contributed by atoms with Crippen LogP contribution in [0.3, 0.4) is 0 Å². The first-order chi connectivity index (χ1) is 14.1. The van der Waals surface area contributed by atoms with E-state index in [-0.39, 0.29) is 6.61 Å². The Morgan fingerprint density at radius 3 is 2.24 bits per heavy atom. The lowest BCUT2D eigenvalue weighted by Gasteiger charge is -2.29. The van der Waals surface area contributed by atoms with Crippen LogP contribution in [0, 0.1) is 11.8 Å². The molecule has 1 aliphatic carbocycles. The summed E-state index contributed by atoms with van der Waals surface area (Å²) in [6.45, 7) is 0.582. The fourth-order valence-electron chi connectivity index (χ4n) is 3.53. The number of rotatable bonds is 8. The first-order valence-electron chi connectivity index (χ1n) is 9.86. The van der Waals surface area contributed by atoms with Gasteiger partial charge in [0, 0.05) is 6.20 Å². The summed E-state index contributed by atoms with van der Waals surface area (Å²) in [7, 11) is 0. The highest BCUT2D eigenvalue weighted by Gasteiger charge is 2.25. The Morgan fingerprint density at radius 1 is 0.966 bits per heavy atom. The average molecular weight is 398 g/mol. The maximum atomic E-state index is 12.8. The van der Waals surface area contributed by atoms with E-state index in [1.54, 1.807) is 18.3 Å². The van der Waals surface area contributed by atoms with E-state index in [0.29, 0.717) is 36.6 Å². The van der Waals surface area contributed by atoms with Crippen LogP contribution in [-0.4, -0.2) is 42.0 Å². The number of aliphatic carboxylic acids is 1. The molecule has 0 bridgehead atoms. The fraction of sp³-hybridized carbons (Fsp3) is 0.409. The summed E-state index contributed by atoms with van der Waals surface area (Å²) >= 11 is 0. The second kappa shape index (κ2) is 10.6. The number of nitrogens with zero attached hydrogens (tertiary/aromatic N) is 2. The SMILES string of the molecule is O=C(O)COCC1CCC(COC(=O)N(c2ccccc2)c2ccccn2)CC1. The van der Waals surface area contributed by atoms with Gasteiger partial charge in [0.2, 0.25) is 0 Å². The Bertz CT molecular complexity index is 737. The molecule has 1 saturated carbocycles. The van der Waals surface area contributed by atoms with Gasteiger partial charge < -0.3 is 14.6 Å². The van der Waals surface area contributed by atoms with E-state index in [1.165, 1.54) is 4.90 Å². The topological polar surface area (TPSA) is 89.0 Å². The number of carbonyl (C=O) groups excluding carboxylic acids is 1. The third-order valence-electron chi connectivity index (χ3n) is 5.06. The van der Waals surface area contributed by atoms with Crippen molar-refractivity contribution >= 4 is 23.6 Å². The molecule has 0 unspecified atom stereocenters. The van der Waals surface area contributed by atoms with Crippen molar-refractivity contribution in [3.05, 3.63) is 54.7 Å². The van der Waals surface area contributed by atoms with Gasteiger partial charge in [-0.1, -0.05) is 24.3 Å². The molecule has 154 valence electrons. The van der Waals surface area contributed by atoms with Gasteiger partial charge in [-0.05, 0) is 61.8 Å². The summed E-state index contributed by atoms with van der Waals surface area (Å²) in [5.74, 6) is 0.246. The van der Waals surface area contributed by atoms with Crippen LogP contribution in [0.1, 0.15) is 25.7 Å². The minimum atomic E-state index is -0.943. The maximum Gasteiger partial charge on any atom is 0.420 e. The van der Waals surface area contributed by atoms with Gasteiger partial charge in [-0.2, -0.15) is 0 Å². The summed E-state index contributed by atoms with van der Waals surface area (Å²) in [6, 6.07) is 14.7. The number of amides is 1. The van der Waals surface area contributed by atoms with Gasteiger partial charge in [-0.15, -0.1) is 0 Å². The normalized spacial score (nSPS) is 18.8. The second-order valence-corrected chi connectivity index (χ2v) is 7.23. The summed E-state index contributed by atoms with van der Waals surface area (Å²) in [5, 5.41) is 8.63. The summed E-state index contributed by atoms with van der Waals surface area (Å²) in [6.07, 6.45) is 4.97. The Hall–Kier alpha value is -2.93. The van der Waals surface area contributed by atoms with Gasteiger partial charge >= 0.3 is 12.1 Å². The molecular formula is C22H26N2O5. The molecule has 0 radical (unpaired) electrons. The number of hydrogen-bond acceptors (Lipinski definition) is 5. The number of benzene rings is 1. The van der Waals surface area contributed by atoms with Gasteiger partial charge in [0.15, 0.2) is 0 Å². The first-order valence-corrected chi connectivity index (χ1v) is 9.86. The zero-order valence-electron chi connectivity index (χ0n) is 16.3. The Morgan fingerprint density at radius 2 is 1.62 bits per heavy atom. The molecule has 1 fully saturated rings. The van der Waals surface area contributed by atoms with Crippen LogP contribution in [0.15, 0.2) is 54.7 Å². The predicted molar refractivity (Wildman–Crippen MR) is 108 cm³/mol. The number of anilines is 2. The number of pyridine rings is 1. The lowest BCUT2D eigenvalue weighted by molar-refractivity contribution is -0.142. The number of para-hydroxylation sites is 1. The van der Waals surface area contributed by atoms with Crippen LogP contribution in [0.4, 0.5) is 16.3 Å². The van der Waals surface area contributed by atoms with Crippen molar-refractivity contribution in [2.45, 2.75) is 25.7 Å². The number of carbonyl (C=O) groups is 2. The highest BCUT2D eigenvalue weighted by atomic mass is 16.6. The standard InChI is InChI=1S/C22H26N2O5/c25-21(26)16-28-14-17-9-11-18(12-10-17)15-29-22(27)24(19-6-2-1-3-7-19)20-8-4-5-13-23-20/h1-8,13,17-18H,9-12,14-16H2,(H,25,26). The number of ether oxygens (including phenoxy) is 2.